The number of rotatable bonds is 7. The number of amides is 1. The lowest BCUT2D eigenvalue weighted by molar-refractivity contribution is 0.0231. The molecular weight excluding hydrogens is 280 g/mol. The number of hydrogen-bond acceptors (Lipinski definition) is 4. The van der Waals surface area contributed by atoms with E-state index < -0.39 is 5.60 Å². The summed E-state index contributed by atoms with van der Waals surface area (Å²) in [5.74, 6) is 0.936. The van der Waals surface area contributed by atoms with Gasteiger partial charge in [0.1, 0.15) is 11.4 Å². The van der Waals surface area contributed by atoms with Crippen LogP contribution in [0.5, 0.6) is 0 Å². The molecule has 1 aromatic heterocycles. The van der Waals surface area contributed by atoms with Crippen LogP contribution in [0.1, 0.15) is 58.8 Å². The van der Waals surface area contributed by atoms with Gasteiger partial charge in [-0.3, -0.25) is 0 Å². The Bertz CT molecular complexity index is 461. The quantitative estimate of drug-likeness (QED) is 0.780. The van der Waals surface area contributed by atoms with Gasteiger partial charge in [0, 0.05) is 12.6 Å². The second kappa shape index (κ2) is 7.18. The van der Waals surface area contributed by atoms with Crippen molar-refractivity contribution in [3.63, 3.8) is 0 Å². The van der Waals surface area contributed by atoms with E-state index in [1.165, 1.54) is 0 Å². The highest BCUT2D eigenvalue weighted by molar-refractivity contribution is 5.69. The van der Waals surface area contributed by atoms with E-state index in [-0.39, 0.29) is 12.1 Å². The molecule has 5 nitrogen and oxygen atoms in total. The number of carbonyl (C=O) groups excluding carboxylic acids is 1. The molecule has 0 saturated heterocycles. The summed E-state index contributed by atoms with van der Waals surface area (Å²) in [5, 5.41) is 3.41. The molecule has 1 aromatic rings. The molecule has 2 rings (SSSR count). The van der Waals surface area contributed by atoms with E-state index in [4.69, 9.17) is 9.15 Å². The van der Waals surface area contributed by atoms with Crippen molar-refractivity contribution >= 4 is 6.09 Å². The molecule has 1 saturated carbocycles. The van der Waals surface area contributed by atoms with Crippen molar-refractivity contribution in [2.45, 2.75) is 64.6 Å². The molecular formula is C17H28N2O3. The zero-order chi connectivity index (χ0) is 16.2. The van der Waals surface area contributed by atoms with Crippen molar-refractivity contribution in [2.75, 3.05) is 13.1 Å². The Labute approximate surface area is 133 Å². The smallest absolute Gasteiger partial charge is 0.410 e. The maximum absolute atomic E-state index is 12.2. The van der Waals surface area contributed by atoms with Crippen LogP contribution in [0.4, 0.5) is 4.79 Å². The van der Waals surface area contributed by atoms with Gasteiger partial charge in [0.15, 0.2) is 0 Å². The first-order valence-electron chi connectivity index (χ1n) is 8.13. The molecule has 5 heteroatoms. The number of hydrogen-bond donors (Lipinski definition) is 1. The number of nitrogens with zero attached hydrogens (tertiary/aromatic N) is 1. The Balaban J connectivity index is 1.72. The van der Waals surface area contributed by atoms with Crippen molar-refractivity contribution in [3.05, 3.63) is 24.2 Å². The summed E-state index contributed by atoms with van der Waals surface area (Å²) in [4.78, 5) is 14.1. The van der Waals surface area contributed by atoms with Crippen molar-refractivity contribution < 1.29 is 13.9 Å². The molecule has 1 fully saturated rings. The lowest BCUT2D eigenvalue weighted by atomic mass is 10.2. The molecule has 1 aliphatic rings. The zero-order valence-electron chi connectivity index (χ0n) is 14.1. The summed E-state index contributed by atoms with van der Waals surface area (Å²) < 4.78 is 10.9. The van der Waals surface area contributed by atoms with Crippen LogP contribution in [0, 0.1) is 0 Å². The van der Waals surface area contributed by atoms with E-state index in [0.29, 0.717) is 6.04 Å². The van der Waals surface area contributed by atoms with Gasteiger partial charge >= 0.3 is 6.09 Å². The first-order valence-corrected chi connectivity index (χ1v) is 8.13. The highest BCUT2D eigenvalue weighted by Crippen LogP contribution is 2.28. The number of nitrogens with one attached hydrogen (secondary N) is 1. The predicted molar refractivity (Wildman–Crippen MR) is 85.7 cm³/mol. The SMILES string of the molecule is CC(NCCCN(C(=O)OC(C)(C)C)C1CC1)c1ccco1. The minimum absolute atomic E-state index is 0.186. The fourth-order valence-corrected chi connectivity index (χ4v) is 2.34. The van der Waals surface area contributed by atoms with E-state index >= 15 is 0 Å². The van der Waals surface area contributed by atoms with Gasteiger partial charge in [0.05, 0.1) is 12.3 Å². The molecule has 1 aliphatic carbocycles. The van der Waals surface area contributed by atoms with E-state index in [0.717, 1.165) is 38.1 Å². The van der Waals surface area contributed by atoms with Crippen molar-refractivity contribution in [2.24, 2.45) is 0 Å². The standard InChI is InChI=1S/C17H28N2O3/c1-13(15-7-5-12-21-15)18-10-6-11-19(14-8-9-14)16(20)22-17(2,3)4/h5,7,12-14,18H,6,8-11H2,1-4H3. The van der Waals surface area contributed by atoms with Gasteiger partial charge in [0.25, 0.3) is 0 Å². The third-order valence-electron chi connectivity index (χ3n) is 3.61. The maximum Gasteiger partial charge on any atom is 0.410 e. The molecule has 0 radical (unpaired) electrons. The molecule has 1 atom stereocenters. The van der Waals surface area contributed by atoms with Crippen LogP contribution in [0.25, 0.3) is 0 Å². The predicted octanol–water partition coefficient (Wildman–Crippen LogP) is 3.72. The van der Waals surface area contributed by atoms with Crippen LogP contribution in [0.2, 0.25) is 0 Å². The summed E-state index contributed by atoms with van der Waals surface area (Å²) in [6.07, 6.45) is 4.59. The summed E-state index contributed by atoms with van der Waals surface area (Å²) in [5.41, 5.74) is -0.434. The lowest BCUT2D eigenvalue weighted by Gasteiger charge is -2.27. The highest BCUT2D eigenvalue weighted by Gasteiger charge is 2.34. The minimum Gasteiger partial charge on any atom is -0.468 e. The summed E-state index contributed by atoms with van der Waals surface area (Å²) in [6.45, 7) is 9.37. The molecule has 0 bridgehead atoms. The normalized spacial score (nSPS) is 16.4. The van der Waals surface area contributed by atoms with Gasteiger partial charge in [0.2, 0.25) is 0 Å². The zero-order valence-corrected chi connectivity index (χ0v) is 14.1. The fourth-order valence-electron chi connectivity index (χ4n) is 2.34. The molecule has 0 aliphatic heterocycles. The fraction of sp³-hybridized carbons (Fsp3) is 0.706. The molecule has 1 amide bonds. The van der Waals surface area contributed by atoms with Gasteiger partial charge < -0.3 is 19.4 Å². The van der Waals surface area contributed by atoms with Crippen molar-refractivity contribution in [1.29, 1.82) is 0 Å². The Kier molecular flexibility index (Phi) is 5.51. The first kappa shape index (κ1) is 16.9. The lowest BCUT2D eigenvalue weighted by Crippen LogP contribution is -2.39. The average molecular weight is 308 g/mol. The molecule has 124 valence electrons. The van der Waals surface area contributed by atoms with Gasteiger partial charge in [-0.15, -0.1) is 0 Å². The number of furan rings is 1. The van der Waals surface area contributed by atoms with Gasteiger partial charge in [-0.2, -0.15) is 0 Å². The molecule has 1 unspecified atom stereocenters. The number of ether oxygens (including phenoxy) is 1. The van der Waals surface area contributed by atoms with Crippen LogP contribution in [-0.4, -0.2) is 35.7 Å². The average Bonchev–Trinajstić information content (AvgIpc) is 3.09. The van der Waals surface area contributed by atoms with Crippen molar-refractivity contribution in [3.8, 4) is 0 Å². The highest BCUT2D eigenvalue weighted by atomic mass is 16.6. The molecule has 0 spiro atoms. The van der Waals surface area contributed by atoms with Gasteiger partial charge in [-0.05, 0) is 65.6 Å². The molecule has 0 aromatic carbocycles. The summed E-state index contributed by atoms with van der Waals surface area (Å²) in [6, 6.07) is 4.42. The Morgan fingerprint density at radius 3 is 2.77 bits per heavy atom. The summed E-state index contributed by atoms with van der Waals surface area (Å²) in [7, 11) is 0. The number of carbonyl (C=O) groups is 1. The second-order valence-corrected chi connectivity index (χ2v) is 6.95. The van der Waals surface area contributed by atoms with Crippen LogP contribution >= 0.6 is 0 Å². The Hall–Kier alpha value is -1.49. The summed E-state index contributed by atoms with van der Waals surface area (Å²) >= 11 is 0. The Morgan fingerprint density at radius 2 is 2.23 bits per heavy atom. The molecule has 1 N–H and O–H groups in total. The Morgan fingerprint density at radius 1 is 1.50 bits per heavy atom. The third-order valence-corrected chi connectivity index (χ3v) is 3.61. The molecule has 22 heavy (non-hydrogen) atoms. The van der Waals surface area contributed by atoms with Crippen LogP contribution < -0.4 is 5.32 Å². The first-order chi connectivity index (χ1) is 10.4. The van der Waals surface area contributed by atoms with Gasteiger partial charge in [-0.1, -0.05) is 0 Å². The monoisotopic (exact) mass is 308 g/mol. The topological polar surface area (TPSA) is 54.7 Å². The van der Waals surface area contributed by atoms with E-state index in [1.807, 2.05) is 37.8 Å². The van der Waals surface area contributed by atoms with Gasteiger partial charge in [-0.25, -0.2) is 4.79 Å². The van der Waals surface area contributed by atoms with E-state index in [2.05, 4.69) is 12.2 Å². The molecule has 1 heterocycles. The maximum atomic E-state index is 12.2. The van der Waals surface area contributed by atoms with Crippen LogP contribution in [0.3, 0.4) is 0 Å². The van der Waals surface area contributed by atoms with Crippen molar-refractivity contribution in [1.82, 2.24) is 10.2 Å². The second-order valence-electron chi connectivity index (χ2n) is 6.95. The van der Waals surface area contributed by atoms with E-state index in [9.17, 15) is 4.79 Å². The largest absolute Gasteiger partial charge is 0.468 e. The minimum atomic E-state index is -0.434. The third kappa shape index (κ3) is 5.37. The van der Waals surface area contributed by atoms with Crippen LogP contribution in [0.15, 0.2) is 22.8 Å². The van der Waals surface area contributed by atoms with Crippen LogP contribution in [-0.2, 0) is 4.74 Å². The van der Waals surface area contributed by atoms with E-state index in [1.54, 1.807) is 6.26 Å².